The van der Waals surface area contributed by atoms with Gasteiger partial charge in [-0.2, -0.15) is 0 Å². The molecule has 0 aliphatic heterocycles. The van der Waals surface area contributed by atoms with Gasteiger partial charge in [0.25, 0.3) is 0 Å². The number of anilines is 1. The first-order valence-corrected chi connectivity index (χ1v) is 5.97. The van der Waals surface area contributed by atoms with E-state index >= 15 is 0 Å². The molecule has 1 rings (SSSR count). The predicted octanol–water partition coefficient (Wildman–Crippen LogP) is 4.15. The van der Waals surface area contributed by atoms with E-state index in [0.717, 1.165) is 0 Å². The molecule has 0 N–H and O–H groups in total. The molecule has 90 valence electrons. The molecule has 0 aliphatic carbocycles. The lowest BCUT2D eigenvalue weighted by atomic mass is 9.95. The molecule has 1 nitrogen and oxygen atoms in total. The van der Waals surface area contributed by atoms with Crippen LogP contribution in [0.3, 0.4) is 0 Å². The molecule has 0 aromatic heterocycles. The molecule has 0 saturated carbocycles. The second-order valence-electron chi connectivity index (χ2n) is 5.82. The lowest BCUT2D eigenvalue weighted by Crippen LogP contribution is -2.38. The summed E-state index contributed by atoms with van der Waals surface area (Å²) in [5.74, 6) is 0. The fourth-order valence-corrected chi connectivity index (χ4v) is 1.90. The Morgan fingerprint density at radius 1 is 0.875 bits per heavy atom. The minimum absolute atomic E-state index is 0.166. The summed E-state index contributed by atoms with van der Waals surface area (Å²) in [5.41, 5.74) is 7.15. The van der Waals surface area contributed by atoms with Crippen molar-refractivity contribution in [1.82, 2.24) is 0 Å². The van der Waals surface area contributed by atoms with Crippen LogP contribution in [0.1, 0.15) is 43.0 Å². The Bertz CT molecular complexity index is 397. The van der Waals surface area contributed by atoms with E-state index in [-0.39, 0.29) is 5.54 Å². The molecule has 0 radical (unpaired) electrons. The Hall–Kier alpha value is -0.980. The monoisotopic (exact) mass is 219 g/mol. The van der Waals surface area contributed by atoms with Gasteiger partial charge in [0.2, 0.25) is 0 Å². The quantitative estimate of drug-likeness (QED) is 0.685. The highest BCUT2D eigenvalue weighted by Gasteiger charge is 2.20. The number of hydrogen-bond acceptors (Lipinski definition) is 1. The van der Waals surface area contributed by atoms with Crippen LogP contribution in [0.25, 0.3) is 0 Å². The van der Waals surface area contributed by atoms with Crippen LogP contribution in [0, 0.1) is 27.7 Å². The van der Waals surface area contributed by atoms with Gasteiger partial charge in [-0.05, 0) is 76.8 Å². The number of hydrogen-bond donors (Lipinski definition) is 0. The van der Waals surface area contributed by atoms with Gasteiger partial charge in [-0.25, -0.2) is 0 Å². The summed E-state index contributed by atoms with van der Waals surface area (Å²) in [4.78, 5) is 2.36. The van der Waals surface area contributed by atoms with Crippen molar-refractivity contribution in [3.05, 3.63) is 28.3 Å². The average molecular weight is 219 g/mol. The third-order valence-corrected chi connectivity index (χ3v) is 3.82. The number of benzene rings is 1. The molecule has 0 atom stereocenters. The van der Waals surface area contributed by atoms with E-state index in [1.807, 2.05) is 0 Å². The van der Waals surface area contributed by atoms with Gasteiger partial charge in [0.05, 0.1) is 0 Å². The van der Waals surface area contributed by atoms with Crippen LogP contribution in [0.4, 0.5) is 5.69 Å². The van der Waals surface area contributed by atoms with E-state index in [0.29, 0.717) is 0 Å². The minimum atomic E-state index is 0.166. The van der Waals surface area contributed by atoms with Gasteiger partial charge in [0.15, 0.2) is 0 Å². The molecule has 1 heteroatoms. The van der Waals surface area contributed by atoms with Gasteiger partial charge in [-0.1, -0.05) is 0 Å². The lowest BCUT2D eigenvalue weighted by Gasteiger charge is -2.36. The molecule has 1 aromatic carbocycles. The molecular formula is C15H25N. The normalized spacial score (nSPS) is 11.8. The summed E-state index contributed by atoms with van der Waals surface area (Å²) in [6, 6.07) is 2.31. The van der Waals surface area contributed by atoms with Crippen LogP contribution < -0.4 is 4.90 Å². The van der Waals surface area contributed by atoms with Crippen LogP contribution in [-0.4, -0.2) is 12.6 Å². The van der Waals surface area contributed by atoms with E-state index in [9.17, 15) is 0 Å². The summed E-state index contributed by atoms with van der Waals surface area (Å²) < 4.78 is 0. The van der Waals surface area contributed by atoms with Crippen LogP contribution in [-0.2, 0) is 0 Å². The van der Waals surface area contributed by atoms with E-state index in [1.54, 1.807) is 0 Å². The Morgan fingerprint density at radius 2 is 1.38 bits per heavy atom. The molecule has 1 aromatic rings. The van der Waals surface area contributed by atoms with Crippen LogP contribution in [0.5, 0.6) is 0 Å². The van der Waals surface area contributed by atoms with Crippen molar-refractivity contribution >= 4 is 5.69 Å². The fourth-order valence-electron chi connectivity index (χ4n) is 1.90. The zero-order valence-corrected chi connectivity index (χ0v) is 12.0. The highest BCUT2D eigenvalue weighted by Crippen LogP contribution is 2.31. The maximum absolute atomic E-state index is 2.36. The van der Waals surface area contributed by atoms with E-state index < -0.39 is 0 Å². The topological polar surface area (TPSA) is 3.24 Å². The molecule has 0 amide bonds. The van der Waals surface area contributed by atoms with Crippen LogP contribution in [0.2, 0.25) is 0 Å². The molecule has 16 heavy (non-hydrogen) atoms. The van der Waals surface area contributed by atoms with Crippen molar-refractivity contribution in [2.24, 2.45) is 0 Å². The maximum atomic E-state index is 2.36. The number of aryl methyl sites for hydroxylation is 1. The molecule has 0 fully saturated rings. The van der Waals surface area contributed by atoms with Crippen molar-refractivity contribution in [3.8, 4) is 0 Å². The second kappa shape index (κ2) is 4.12. The molecule has 0 aliphatic rings. The van der Waals surface area contributed by atoms with E-state index in [4.69, 9.17) is 0 Å². The summed E-state index contributed by atoms with van der Waals surface area (Å²) in [7, 11) is 2.18. The third kappa shape index (κ3) is 2.23. The maximum Gasteiger partial charge on any atom is 0.0403 e. The number of nitrogens with zero attached hydrogens (tertiary/aromatic N) is 1. The average Bonchev–Trinajstić information content (AvgIpc) is 2.18. The largest absolute Gasteiger partial charge is 0.370 e. The molecule has 0 heterocycles. The zero-order valence-electron chi connectivity index (χ0n) is 12.0. The minimum Gasteiger partial charge on any atom is -0.370 e. The fraction of sp³-hybridized carbons (Fsp3) is 0.600. The Kier molecular flexibility index (Phi) is 3.37. The summed E-state index contributed by atoms with van der Waals surface area (Å²) >= 11 is 0. The van der Waals surface area contributed by atoms with E-state index in [1.165, 1.54) is 27.9 Å². The first kappa shape index (κ1) is 13.1. The molecule has 0 saturated heterocycles. The van der Waals surface area contributed by atoms with Crippen molar-refractivity contribution in [2.45, 2.75) is 54.0 Å². The van der Waals surface area contributed by atoms with Gasteiger partial charge >= 0.3 is 0 Å². The van der Waals surface area contributed by atoms with Crippen molar-refractivity contribution in [2.75, 3.05) is 11.9 Å². The van der Waals surface area contributed by atoms with Crippen molar-refractivity contribution in [3.63, 3.8) is 0 Å². The third-order valence-electron chi connectivity index (χ3n) is 3.82. The SMILES string of the molecule is Cc1cc(N(C)C(C)(C)C)c(C)c(C)c1C. The Labute approximate surface area is 100 Å². The molecule has 0 unspecified atom stereocenters. The first-order chi connectivity index (χ1) is 7.16. The van der Waals surface area contributed by atoms with Gasteiger partial charge in [0.1, 0.15) is 0 Å². The van der Waals surface area contributed by atoms with Gasteiger partial charge < -0.3 is 4.90 Å². The van der Waals surface area contributed by atoms with Gasteiger partial charge in [0, 0.05) is 18.3 Å². The predicted molar refractivity (Wildman–Crippen MR) is 73.5 cm³/mol. The van der Waals surface area contributed by atoms with Crippen molar-refractivity contribution < 1.29 is 0 Å². The molecule has 0 bridgehead atoms. The highest BCUT2D eigenvalue weighted by atomic mass is 15.2. The zero-order chi connectivity index (χ0) is 12.7. The molecule has 0 spiro atoms. The Balaban J connectivity index is 3.36. The summed E-state index contributed by atoms with van der Waals surface area (Å²) in [6.45, 7) is 15.6. The summed E-state index contributed by atoms with van der Waals surface area (Å²) in [5, 5.41) is 0. The second-order valence-corrected chi connectivity index (χ2v) is 5.82. The van der Waals surface area contributed by atoms with Crippen molar-refractivity contribution in [1.29, 1.82) is 0 Å². The van der Waals surface area contributed by atoms with E-state index in [2.05, 4.69) is 66.5 Å². The Morgan fingerprint density at radius 3 is 1.81 bits per heavy atom. The molecular weight excluding hydrogens is 194 g/mol. The van der Waals surface area contributed by atoms with Gasteiger partial charge in [-0.3, -0.25) is 0 Å². The highest BCUT2D eigenvalue weighted by molar-refractivity contribution is 5.61. The number of rotatable bonds is 1. The summed E-state index contributed by atoms with van der Waals surface area (Å²) in [6.07, 6.45) is 0. The van der Waals surface area contributed by atoms with Gasteiger partial charge in [-0.15, -0.1) is 0 Å². The van der Waals surface area contributed by atoms with Crippen LogP contribution >= 0.6 is 0 Å². The van der Waals surface area contributed by atoms with Crippen LogP contribution in [0.15, 0.2) is 6.07 Å². The standard InChI is InChI=1S/C15H25N/c1-10-9-14(16(8)15(5,6)7)13(4)12(3)11(10)2/h9H,1-8H3. The first-order valence-electron chi connectivity index (χ1n) is 5.97. The lowest BCUT2D eigenvalue weighted by molar-refractivity contribution is 0.537. The smallest absolute Gasteiger partial charge is 0.0403 e.